The van der Waals surface area contributed by atoms with Crippen LogP contribution in [-0.4, -0.2) is 36.2 Å². The minimum absolute atomic E-state index is 0.0232. The first-order valence-electron chi connectivity index (χ1n) is 8.96. The second-order valence-electron chi connectivity index (χ2n) is 6.07. The number of non-ortho nitro benzene ring substituents is 1. The van der Waals surface area contributed by atoms with Crippen LogP contribution in [0.3, 0.4) is 0 Å². The largest absolute Gasteiger partial charge is 0.481 e. The van der Waals surface area contributed by atoms with Gasteiger partial charge in [0.15, 0.2) is 12.4 Å². The molecule has 0 saturated carbocycles. The van der Waals surface area contributed by atoms with Crippen LogP contribution in [0.5, 0.6) is 5.75 Å². The molecular formula is C20H16IN3O7. The number of ether oxygens (including phenoxy) is 2. The summed E-state index contributed by atoms with van der Waals surface area (Å²) in [6, 6.07) is 10.6. The highest BCUT2D eigenvalue weighted by atomic mass is 127. The number of fused-ring (bicyclic) bond motifs is 1. The Balaban J connectivity index is 1.61. The van der Waals surface area contributed by atoms with Crippen molar-refractivity contribution in [3.8, 4) is 5.75 Å². The summed E-state index contributed by atoms with van der Waals surface area (Å²) in [4.78, 5) is 33.9. The highest BCUT2D eigenvalue weighted by molar-refractivity contribution is 14.1. The molecule has 0 unspecified atom stereocenters. The molecule has 0 radical (unpaired) electrons. The normalized spacial score (nSPS) is 10.9. The molecule has 0 saturated heterocycles. The molecule has 0 aliphatic carbocycles. The number of nitro benzene ring substituents is 1. The van der Waals surface area contributed by atoms with Gasteiger partial charge in [-0.15, -0.1) is 0 Å². The van der Waals surface area contributed by atoms with Crippen LogP contribution in [0.2, 0.25) is 0 Å². The Hall–Kier alpha value is -3.48. The minimum Gasteiger partial charge on any atom is -0.481 e. The fraction of sp³-hybridized carbons (Fsp3) is 0.150. The molecule has 11 heteroatoms. The highest BCUT2D eigenvalue weighted by Gasteiger charge is 2.14. The van der Waals surface area contributed by atoms with Gasteiger partial charge < -0.3 is 13.9 Å². The number of halogens is 1. The predicted octanol–water partition coefficient (Wildman–Crippen LogP) is 3.65. The van der Waals surface area contributed by atoms with E-state index in [0.29, 0.717) is 22.3 Å². The topological polar surface area (TPSA) is 133 Å². The third-order valence-corrected chi connectivity index (χ3v) is 4.76. The maximum atomic E-state index is 12.2. The Morgan fingerprint density at radius 3 is 2.77 bits per heavy atom. The third kappa shape index (κ3) is 5.78. The Labute approximate surface area is 189 Å². The molecule has 3 aromatic rings. The standard InChI is InChI=1S/C20H16IN3O7/c1-2-29-19(25)11-30-17-5-3-12(7-15(17)21)10-22-23-20(26)18-9-13-8-14(24(27)28)4-6-16(13)31-18/h3-10H,2,11H2,1H3,(H,23,26)/b22-10+. The van der Waals surface area contributed by atoms with Crippen LogP contribution in [0.15, 0.2) is 52.0 Å². The Bertz CT molecular complexity index is 1170. The van der Waals surface area contributed by atoms with Gasteiger partial charge in [-0.05, 0) is 65.4 Å². The highest BCUT2D eigenvalue weighted by Crippen LogP contribution is 2.24. The van der Waals surface area contributed by atoms with Crippen molar-refractivity contribution in [1.82, 2.24) is 5.43 Å². The van der Waals surface area contributed by atoms with Crippen LogP contribution >= 0.6 is 22.6 Å². The van der Waals surface area contributed by atoms with Gasteiger partial charge >= 0.3 is 11.9 Å². The third-order valence-electron chi connectivity index (χ3n) is 3.92. The van der Waals surface area contributed by atoms with E-state index in [-0.39, 0.29) is 24.7 Å². The van der Waals surface area contributed by atoms with Crippen LogP contribution in [0.4, 0.5) is 5.69 Å². The molecule has 0 fully saturated rings. The van der Waals surface area contributed by atoms with E-state index in [4.69, 9.17) is 13.9 Å². The van der Waals surface area contributed by atoms with Crippen LogP contribution < -0.4 is 10.2 Å². The van der Waals surface area contributed by atoms with E-state index in [9.17, 15) is 19.7 Å². The molecule has 0 aliphatic rings. The molecular weight excluding hydrogens is 521 g/mol. The molecule has 0 aliphatic heterocycles. The molecule has 1 heterocycles. The van der Waals surface area contributed by atoms with E-state index >= 15 is 0 Å². The summed E-state index contributed by atoms with van der Waals surface area (Å²) < 4.78 is 16.4. The van der Waals surface area contributed by atoms with E-state index < -0.39 is 16.8 Å². The lowest BCUT2D eigenvalue weighted by Gasteiger charge is -2.08. The number of benzene rings is 2. The van der Waals surface area contributed by atoms with Crippen molar-refractivity contribution in [3.63, 3.8) is 0 Å². The van der Waals surface area contributed by atoms with Gasteiger partial charge in [-0.3, -0.25) is 14.9 Å². The molecule has 1 aromatic heterocycles. The second-order valence-corrected chi connectivity index (χ2v) is 7.23. The van der Waals surface area contributed by atoms with Gasteiger partial charge in [0.1, 0.15) is 11.3 Å². The number of nitro groups is 1. The van der Waals surface area contributed by atoms with Gasteiger partial charge in [0.2, 0.25) is 0 Å². The quantitative estimate of drug-likeness (QED) is 0.153. The van der Waals surface area contributed by atoms with E-state index in [2.05, 4.69) is 33.1 Å². The summed E-state index contributed by atoms with van der Waals surface area (Å²) in [7, 11) is 0. The number of rotatable bonds is 8. The number of furan rings is 1. The summed E-state index contributed by atoms with van der Waals surface area (Å²) in [5.74, 6) is -0.554. The van der Waals surface area contributed by atoms with Crippen molar-refractivity contribution < 1.29 is 28.4 Å². The molecule has 0 atom stereocenters. The van der Waals surface area contributed by atoms with Crippen molar-refractivity contribution >= 4 is 57.3 Å². The van der Waals surface area contributed by atoms with Crippen LogP contribution in [-0.2, 0) is 9.53 Å². The number of hydrazone groups is 1. The van der Waals surface area contributed by atoms with Crippen molar-refractivity contribution in [2.75, 3.05) is 13.2 Å². The first-order valence-corrected chi connectivity index (χ1v) is 10.0. The van der Waals surface area contributed by atoms with Crippen molar-refractivity contribution in [3.05, 3.63) is 67.5 Å². The molecule has 1 N–H and O–H groups in total. The van der Waals surface area contributed by atoms with Crippen molar-refractivity contribution in [2.45, 2.75) is 6.92 Å². The van der Waals surface area contributed by atoms with Crippen molar-refractivity contribution in [2.24, 2.45) is 5.10 Å². The van der Waals surface area contributed by atoms with Gasteiger partial charge in [-0.25, -0.2) is 10.2 Å². The zero-order chi connectivity index (χ0) is 22.4. The number of nitrogens with zero attached hydrogens (tertiary/aromatic N) is 2. The molecule has 1 amide bonds. The summed E-state index contributed by atoms with van der Waals surface area (Å²) in [5, 5.41) is 15.2. The number of hydrogen-bond acceptors (Lipinski definition) is 8. The van der Waals surface area contributed by atoms with Gasteiger partial charge in [0.25, 0.3) is 5.69 Å². The Morgan fingerprint density at radius 1 is 1.26 bits per heavy atom. The number of carbonyl (C=O) groups excluding carboxylic acids is 2. The first kappa shape index (κ1) is 22.2. The zero-order valence-electron chi connectivity index (χ0n) is 16.2. The molecule has 160 valence electrons. The fourth-order valence-electron chi connectivity index (χ4n) is 2.53. The Morgan fingerprint density at radius 2 is 2.06 bits per heavy atom. The van der Waals surface area contributed by atoms with E-state index in [1.165, 1.54) is 30.5 Å². The van der Waals surface area contributed by atoms with Crippen LogP contribution in [0.1, 0.15) is 23.0 Å². The Kier molecular flexibility index (Phi) is 7.18. The number of esters is 1. The van der Waals surface area contributed by atoms with Crippen LogP contribution in [0.25, 0.3) is 11.0 Å². The first-order chi connectivity index (χ1) is 14.9. The number of nitrogens with one attached hydrogen (secondary N) is 1. The molecule has 3 rings (SSSR count). The predicted molar refractivity (Wildman–Crippen MR) is 119 cm³/mol. The molecule has 0 spiro atoms. The summed E-state index contributed by atoms with van der Waals surface area (Å²) in [6.45, 7) is 1.82. The van der Waals surface area contributed by atoms with Gasteiger partial charge in [-0.1, -0.05) is 0 Å². The average Bonchev–Trinajstić information content (AvgIpc) is 3.17. The fourth-order valence-corrected chi connectivity index (χ4v) is 3.23. The summed E-state index contributed by atoms with van der Waals surface area (Å²) in [6.07, 6.45) is 1.43. The summed E-state index contributed by atoms with van der Waals surface area (Å²) in [5.41, 5.74) is 3.29. The number of hydrogen-bond donors (Lipinski definition) is 1. The van der Waals surface area contributed by atoms with Gasteiger partial charge in [0.05, 0.1) is 21.3 Å². The average molecular weight is 537 g/mol. The van der Waals surface area contributed by atoms with E-state index in [1.807, 2.05) is 0 Å². The van der Waals surface area contributed by atoms with Gasteiger partial charge in [-0.2, -0.15) is 5.10 Å². The monoisotopic (exact) mass is 537 g/mol. The van der Waals surface area contributed by atoms with E-state index in [0.717, 1.165) is 3.57 Å². The van der Waals surface area contributed by atoms with Gasteiger partial charge in [0, 0.05) is 17.5 Å². The zero-order valence-corrected chi connectivity index (χ0v) is 18.3. The minimum atomic E-state index is -0.598. The van der Waals surface area contributed by atoms with Crippen molar-refractivity contribution in [1.29, 1.82) is 0 Å². The molecule has 10 nitrogen and oxygen atoms in total. The maximum absolute atomic E-state index is 12.2. The number of amides is 1. The maximum Gasteiger partial charge on any atom is 0.344 e. The lowest BCUT2D eigenvalue weighted by atomic mass is 10.2. The summed E-state index contributed by atoms with van der Waals surface area (Å²) >= 11 is 2.05. The molecule has 0 bridgehead atoms. The molecule has 31 heavy (non-hydrogen) atoms. The smallest absolute Gasteiger partial charge is 0.344 e. The SMILES string of the molecule is CCOC(=O)COc1ccc(/C=N/NC(=O)c2cc3cc([N+](=O)[O-])ccc3o2)cc1I. The second kappa shape index (κ2) is 10.0. The lowest BCUT2D eigenvalue weighted by molar-refractivity contribution is -0.384. The number of carbonyl (C=O) groups is 2. The van der Waals surface area contributed by atoms with E-state index in [1.54, 1.807) is 25.1 Å². The molecule has 2 aromatic carbocycles. The van der Waals surface area contributed by atoms with Crippen LogP contribution in [0, 0.1) is 13.7 Å². The lowest BCUT2D eigenvalue weighted by Crippen LogP contribution is -2.16.